The van der Waals surface area contributed by atoms with Gasteiger partial charge < -0.3 is 15.2 Å². The maximum atomic E-state index is 11.4. The van der Waals surface area contributed by atoms with Gasteiger partial charge in [0.25, 0.3) is 0 Å². The lowest BCUT2D eigenvalue weighted by atomic mass is 9.92. The second-order valence-corrected chi connectivity index (χ2v) is 4.05. The summed E-state index contributed by atoms with van der Waals surface area (Å²) in [7, 11) is 0. The van der Waals surface area contributed by atoms with E-state index in [1.165, 1.54) is 0 Å². The molecule has 1 rings (SSSR count). The van der Waals surface area contributed by atoms with Gasteiger partial charge in [-0.05, 0) is 26.2 Å². The number of rotatable bonds is 4. The van der Waals surface area contributed by atoms with E-state index in [0.29, 0.717) is 12.8 Å². The van der Waals surface area contributed by atoms with E-state index in [9.17, 15) is 4.79 Å². The topological polar surface area (TPSA) is 58.6 Å². The highest BCUT2D eigenvalue weighted by Crippen LogP contribution is 2.19. The fraction of sp³-hybridized carbons (Fsp3) is 0.900. The molecule has 0 aromatic heterocycles. The molecular formula is C10H19NO3. The van der Waals surface area contributed by atoms with Crippen molar-refractivity contribution in [2.24, 2.45) is 0 Å². The Labute approximate surface area is 84.6 Å². The van der Waals surface area contributed by atoms with Crippen molar-refractivity contribution in [3.8, 4) is 0 Å². The van der Waals surface area contributed by atoms with E-state index >= 15 is 0 Å². The van der Waals surface area contributed by atoms with Gasteiger partial charge in [0.15, 0.2) is 0 Å². The molecule has 0 aromatic carbocycles. The predicted molar refractivity (Wildman–Crippen MR) is 52.9 cm³/mol. The Kier molecular flexibility index (Phi) is 4.35. The lowest BCUT2D eigenvalue weighted by Crippen LogP contribution is -2.49. The van der Waals surface area contributed by atoms with E-state index in [-0.39, 0.29) is 18.1 Å². The molecule has 0 saturated carbocycles. The summed E-state index contributed by atoms with van der Waals surface area (Å²) < 4.78 is 5.24. The third-order valence-electron chi connectivity index (χ3n) is 2.60. The van der Waals surface area contributed by atoms with Crippen LogP contribution in [0.5, 0.6) is 0 Å². The second-order valence-electron chi connectivity index (χ2n) is 4.05. The van der Waals surface area contributed by atoms with Crippen LogP contribution < -0.4 is 5.32 Å². The zero-order valence-corrected chi connectivity index (χ0v) is 8.71. The first-order chi connectivity index (χ1) is 6.66. The SMILES string of the molecule is CC1(NC(=O)CCCO)CCOCC1. The summed E-state index contributed by atoms with van der Waals surface area (Å²) in [4.78, 5) is 11.4. The van der Waals surface area contributed by atoms with Crippen LogP contribution in [0.1, 0.15) is 32.6 Å². The first-order valence-corrected chi connectivity index (χ1v) is 5.16. The van der Waals surface area contributed by atoms with Crippen molar-refractivity contribution >= 4 is 5.91 Å². The molecule has 0 aromatic rings. The Balaban J connectivity index is 2.29. The van der Waals surface area contributed by atoms with Crippen molar-refractivity contribution < 1.29 is 14.6 Å². The number of ether oxygens (including phenoxy) is 1. The van der Waals surface area contributed by atoms with E-state index in [1.54, 1.807) is 0 Å². The van der Waals surface area contributed by atoms with Gasteiger partial charge in [-0.25, -0.2) is 0 Å². The summed E-state index contributed by atoms with van der Waals surface area (Å²) in [5.41, 5.74) is -0.106. The van der Waals surface area contributed by atoms with Crippen molar-refractivity contribution in [1.82, 2.24) is 5.32 Å². The molecule has 14 heavy (non-hydrogen) atoms. The smallest absolute Gasteiger partial charge is 0.220 e. The Morgan fingerprint density at radius 1 is 1.50 bits per heavy atom. The van der Waals surface area contributed by atoms with E-state index in [0.717, 1.165) is 26.1 Å². The number of carbonyl (C=O) groups excluding carboxylic acids is 1. The lowest BCUT2D eigenvalue weighted by Gasteiger charge is -2.34. The highest BCUT2D eigenvalue weighted by molar-refractivity contribution is 5.76. The van der Waals surface area contributed by atoms with E-state index < -0.39 is 0 Å². The molecule has 0 atom stereocenters. The minimum Gasteiger partial charge on any atom is -0.396 e. The molecule has 0 radical (unpaired) electrons. The Morgan fingerprint density at radius 3 is 2.71 bits per heavy atom. The molecule has 0 spiro atoms. The summed E-state index contributed by atoms with van der Waals surface area (Å²) in [6, 6.07) is 0. The van der Waals surface area contributed by atoms with Crippen LogP contribution in [0.4, 0.5) is 0 Å². The predicted octanol–water partition coefficient (Wildman–Crippen LogP) is 0.444. The van der Waals surface area contributed by atoms with Crippen LogP contribution in [-0.4, -0.2) is 36.4 Å². The molecule has 4 heteroatoms. The van der Waals surface area contributed by atoms with Gasteiger partial charge in [0.2, 0.25) is 5.91 Å². The Hall–Kier alpha value is -0.610. The molecule has 1 aliphatic heterocycles. The maximum absolute atomic E-state index is 11.4. The molecule has 0 aliphatic carbocycles. The van der Waals surface area contributed by atoms with Crippen LogP contribution in [0.3, 0.4) is 0 Å². The van der Waals surface area contributed by atoms with Crippen LogP contribution in [0, 0.1) is 0 Å². The number of hydrogen-bond donors (Lipinski definition) is 2. The van der Waals surface area contributed by atoms with Crippen LogP contribution in [0.15, 0.2) is 0 Å². The highest BCUT2D eigenvalue weighted by Gasteiger charge is 2.28. The molecule has 1 amide bonds. The minimum atomic E-state index is -0.106. The van der Waals surface area contributed by atoms with Crippen LogP contribution in [0.2, 0.25) is 0 Å². The van der Waals surface area contributed by atoms with Crippen molar-refractivity contribution in [3.05, 3.63) is 0 Å². The van der Waals surface area contributed by atoms with Gasteiger partial charge in [-0.15, -0.1) is 0 Å². The number of carbonyl (C=O) groups is 1. The van der Waals surface area contributed by atoms with Crippen molar-refractivity contribution in [3.63, 3.8) is 0 Å². The summed E-state index contributed by atoms with van der Waals surface area (Å²) in [6.07, 6.45) is 2.70. The standard InChI is InChI=1S/C10H19NO3/c1-10(4-7-14-8-5-10)11-9(13)3-2-6-12/h12H,2-8H2,1H3,(H,11,13). The molecule has 1 aliphatic rings. The fourth-order valence-corrected chi connectivity index (χ4v) is 1.59. The zero-order chi connectivity index (χ0) is 10.4. The highest BCUT2D eigenvalue weighted by atomic mass is 16.5. The fourth-order valence-electron chi connectivity index (χ4n) is 1.59. The largest absolute Gasteiger partial charge is 0.396 e. The van der Waals surface area contributed by atoms with E-state index in [1.807, 2.05) is 6.92 Å². The molecule has 1 saturated heterocycles. The molecule has 4 nitrogen and oxygen atoms in total. The van der Waals surface area contributed by atoms with Gasteiger partial charge in [-0.3, -0.25) is 4.79 Å². The number of nitrogens with one attached hydrogen (secondary N) is 1. The van der Waals surface area contributed by atoms with Gasteiger partial charge in [0.05, 0.1) is 0 Å². The summed E-state index contributed by atoms with van der Waals surface area (Å²) in [6.45, 7) is 3.56. The van der Waals surface area contributed by atoms with Gasteiger partial charge in [-0.2, -0.15) is 0 Å². The third kappa shape index (κ3) is 3.64. The van der Waals surface area contributed by atoms with Crippen LogP contribution in [0.25, 0.3) is 0 Å². The first kappa shape index (κ1) is 11.5. The minimum absolute atomic E-state index is 0.0310. The average Bonchev–Trinajstić information content (AvgIpc) is 2.15. The summed E-state index contributed by atoms with van der Waals surface area (Å²) >= 11 is 0. The lowest BCUT2D eigenvalue weighted by molar-refractivity contribution is -0.124. The maximum Gasteiger partial charge on any atom is 0.220 e. The molecule has 82 valence electrons. The van der Waals surface area contributed by atoms with Crippen molar-refractivity contribution in [2.45, 2.75) is 38.1 Å². The molecule has 2 N–H and O–H groups in total. The number of aliphatic hydroxyl groups excluding tert-OH is 1. The van der Waals surface area contributed by atoms with Gasteiger partial charge in [0.1, 0.15) is 0 Å². The first-order valence-electron chi connectivity index (χ1n) is 5.16. The quantitative estimate of drug-likeness (QED) is 0.694. The summed E-state index contributed by atoms with van der Waals surface area (Å²) in [5.74, 6) is 0.0310. The van der Waals surface area contributed by atoms with Crippen molar-refractivity contribution in [1.29, 1.82) is 0 Å². The van der Waals surface area contributed by atoms with Gasteiger partial charge in [-0.1, -0.05) is 0 Å². The second kappa shape index (κ2) is 5.32. The van der Waals surface area contributed by atoms with Gasteiger partial charge in [0, 0.05) is 31.8 Å². The average molecular weight is 201 g/mol. The Morgan fingerprint density at radius 2 is 2.14 bits per heavy atom. The molecule has 1 fully saturated rings. The van der Waals surface area contributed by atoms with E-state index in [4.69, 9.17) is 9.84 Å². The van der Waals surface area contributed by atoms with Gasteiger partial charge >= 0.3 is 0 Å². The molecule has 1 heterocycles. The molecule has 0 bridgehead atoms. The van der Waals surface area contributed by atoms with Crippen molar-refractivity contribution in [2.75, 3.05) is 19.8 Å². The number of amides is 1. The summed E-state index contributed by atoms with van der Waals surface area (Å²) in [5, 5.41) is 11.6. The zero-order valence-electron chi connectivity index (χ0n) is 8.71. The molecular weight excluding hydrogens is 182 g/mol. The monoisotopic (exact) mass is 201 g/mol. The van der Waals surface area contributed by atoms with E-state index in [2.05, 4.69) is 5.32 Å². The third-order valence-corrected chi connectivity index (χ3v) is 2.60. The Bertz CT molecular complexity index is 188. The normalized spacial score (nSPS) is 20.4. The van der Waals surface area contributed by atoms with Crippen LogP contribution >= 0.6 is 0 Å². The number of aliphatic hydroxyl groups is 1. The number of hydrogen-bond acceptors (Lipinski definition) is 3. The molecule has 0 unspecified atom stereocenters. The van der Waals surface area contributed by atoms with Crippen LogP contribution in [-0.2, 0) is 9.53 Å².